The van der Waals surface area contributed by atoms with Crippen molar-refractivity contribution in [2.75, 3.05) is 0 Å². The summed E-state index contributed by atoms with van der Waals surface area (Å²) in [5, 5.41) is 4.12. The first kappa shape index (κ1) is 21.6. The Kier molecular flexibility index (Phi) is 7.53. The van der Waals surface area contributed by atoms with E-state index in [-0.39, 0.29) is 11.9 Å². The van der Waals surface area contributed by atoms with Gasteiger partial charge in [0.05, 0.1) is 12.2 Å². The van der Waals surface area contributed by atoms with Crippen LogP contribution in [0.3, 0.4) is 0 Å². The average molecular weight is 449 g/mol. The lowest BCUT2D eigenvalue weighted by Gasteiger charge is -2.28. The highest BCUT2D eigenvalue weighted by atomic mass is 35.5. The van der Waals surface area contributed by atoms with Gasteiger partial charge < -0.3 is 9.64 Å². The third kappa shape index (κ3) is 5.95. The van der Waals surface area contributed by atoms with Crippen molar-refractivity contribution in [3.05, 3.63) is 80.2 Å². The minimum atomic E-state index is -0.0250. The maximum atomic E-state index is 13.0. The second kappa shape index (κ2) is 10.1. The highest BCUT2D eigenvalue weighted by Crippen LogP contribution is 2.21. The number of ether oxygens (including phenoxy) is 1. The van der Waals surface area contributed by atoms with Crippen LogP contribution in [0.4, 0.5) is 0 Å². The van der Waals surface area contributed by atoms with E-state index >= 15 is 0 Å². The fourth-order valence-corrected chi connectivity index (χ4v) is 3.69. The fraction of sp³-hybridized carbons (Fsp3) is 0.273. The van der Waals surface area contributed by atoms with Gasteiger partial charge >= 0.3 is 0 Å². The van der Waals surface area contributed by atoms with Crippen LogP contribution < -0.4 is 4.74 Å². The number of carbonyl (C=O) groups excluding carboxylic acids is 1. The van der Waals surface area contributed by atoms with Crippen LogP contribution in [0.25, 0.3) is 0 Å². The van der Waals surface area contributed by atoms with E-state index in [1.165, 1.54) is 11.3 Å². The van der Waals surface area contributed by atoms with Gasteiger partial charge in [0.2, 0.25) is 0 Å². The van der Waals surface area contributed by atoms with Crippen LogP contribution in [-0.2, 0) is 13.2 Å². The summed E-state index contributed by atoms with van der Waals surface area (Å²) in [4.78, 5) is 19.5. The second-order valence-electron chi connectivity index (χ2n) is 6.67. The molecule has 7 heteroatoms. The number of thiazole rings is 1. The van der Waals surface area contributed by atoms with Crippen molar-refractivity contribution in [3.8, 4) is 5.75 Å². The normalized spacial score (nSPS) is 11.9. The summed E-state index contributed by atoms with van der Waals surface area (Å²) in [6.07, 6.45) is 0.857. The van der Waals surface area contributed by atoms with Crippen LogP contribution in [0.2, 0.25) is 10.0 Å². The molecule has 0 spiro atoms. The number of halogens is 2. The van der Waals surface area contributed by atoms with Crippen molar-refractivity contribution < 1.29 is 9.53 Å². The minimum absolute atomic E-state index is 0.0250. The van der Waals surface area contributed by atoms with Crippen molar-refractivity contribution in [2.24, 2.45) is 0 Å². The molecular formula is C22H22Cl2N2O2S. The van der Waals surface area contributed by atoms with Crippen LogP contribution in [0.1, 0.15) is 41.3 Å². The molecule has 0 saturated carbocycles. The molecule has 4 nitrogen and oxygen atoms in total. The number of hydrogen-bond donors (Lipinski definition) is 0. The molecule has 0 aliphatic carbocycles. The fourth-order valence-electron chi connectivity index (χ4n) is 2.74. The van der Waals surface area contributed by atoms with E-state index in [9.17, 15) is 4.79 Å². The Morgan fingerprint density at radius 2 is 1.72 bits per heavy atom. The lowest BCUT2D eigenvalue weighted by Crippen LogP contribution is -2.37. The maximum absolute atomic E-state index is 13.0. The maximum Gasteiger partial charge on any atom is 0.254 e. The molecule has 2 aromatic carbocycles. The largest absolute Gasteiger partial charge is 0.486 e. The Labute approximate surface area is 185 Å². The molecule has 0 aliphatic rings. The standard InChI is InChI=1S/C22H22Cl2N2O2S/c1-3-15(2)26(22(27)16-4-6-17(23)7-5-16)12-19-14-29-21(25-19)13-28-20-10-8-18(24)9-11-20/h4-11,14-15H,3,12-13H2,1-2H3/t15-/m0/s1. The Balaban J connectivity index is 1.67. The molecule has 0 radical (unpaired) electrons. The highest BCUT2D eigenvalue weighted by Gasteiger charge is 2.22. The molecule has 29 heavy (non-hydrogen) atoms. The van der Waals surface area contributed by atoms with Gasteiger partial charge in [-0.05, 0) is 61.9 Å². The number of benzene rings is 2. The number of rotatable bonds is 8. The first-order chi connectivity index (χ1) is 14.0. The molecule has 0 fully saturated rings. The van der Waals surface area contributed by atoms with Crippen molar-refractivity contribution in [1.82, 2.24) is 9.88 Å². The third-order valence-corrected chi connectivity index (χ3v) is 5.96. The molecule has 0 N–H and O–H groups in total. The molecule has 1 amide bonds. The van der Waals surface area contributed by atoms with E-state index in [0.29, 0.717) is 28.8 Å². The lowest BCUT2D eigenvalue weighted by molar-refractivity contribution is 0.0669. The van der Waals surface area contributed by atoms with E-state index < -0.39 is 0 Å². The van der Waals surface area contributed by atoms with Crippen molar-refractivity contribution in [2.45, 2.75) is 39.5 Å². The molecule has 3 rings (SSSR count). The molecule has 1 heterocycles. The summed E-state index contributed by atoms with van der Waals surface area (Å²) in [5.41, 5.74) is 1.48. The van der Waals surface area contributed by atoms with Crippen molar-refractivity contribution >= 4 is 40.4 Å². The van der Waals surface area contributed by atoms with Gasteiger partial charge in [-0.3, -0.25) is 4.79 Å². The van der Waals surface area contributed by atoms with Crippen molar-refractivity contribution in [3.63, 3.8) is 0 Å². The van der Waals surface area contributed by atoms with E-state index in [4.69, 9.17) is 27.9 Å². The summed E-state index contributed by atoms with van der Waals surface area (Å²) < 4.78 is 5.76. The Hall–Kier alpha value is -2.08. The van der Waals surface area contributed by atoms with E-state index in [2.05, 4.69) is 11.9 Å². The Morgan fingerprint density at radius 1 is 1.10 bits per heavy atom. The molecular weight excluding hydrogens is 427 g/mol. The predicted octanol–water partition coefficient (Wildman–Crippen LogP) is 6.47. The number of amides is 1. The number of nitrogens with zero attached hydrogens (tertiary/aromatic N) is 2. The van der Waals surface area contributed by atoms with Gasteiger partial charge in [-0.15, -0.1) is 11.3 Å². The zero-order valence-electron chi connectivity index (χ0n) is 16.3. The first-order valence-corrected chi connectivity index (χ1v) is 11.0. The molecule has 1 atom stereocenters. The smallest absolute Gasteiger partial charge is 0.254 e. The summed E-state index contributed by atoms with van der Waals surface area (Å²) >= 11 is 13.4. The third-order valence-electron chi connectivity index (χ3n) is 4.58. The molecule has 1 aromatic heterocycles. The van der Waals surface area contributed by atoms with E-state index in [0.717, 1.165) is 22.9 Å². The topological polar surface area (TPSA) is 42.4 Å². The molecule has 3 aromatic rings. The summed E-state index contributed by atoms with van der Waals surface area (Å²) in [6, 6.07) is 14.3. The average Bonchev–Trinajstić information content (AvgIpc) is 3.18. The van der Waals surface area contributed by atoms with Crippen LogP contribution >= 0.6 is 34.5 Å². The SMILES string of the molecule is CC[C@H](C)N(Cc1csc(COc2ccc(Cl)cc2)n1)C(=O)c1ccc(Cl)cc1. The van der Waals surface area contributed by atoms with Crippen LogP contribution in [0.15, 0.2) is 53.9 Å². The zero-order chi connectivity index (χ0) is 20.8. The number of carbonyl (C=O) groups is 1. The van der Waals surface area contributed by atoms with Crippen LogP contribution in [-0.4, -0.2) is 21.8 Å². The minimum Gasteiger partial charge on any atom is -0.486 e. The quantitative estimate of drug-likeness (QED) is 0.396. The Bertz CT molecular complexity index is 942. The van der Waals surface area contributed by atoms with Crippen LogP contribution in [0, 0.1) is 0 Å². The predicted molar refractivity (Wildman–Crippen MR) is 119 cm³/mol. The van der Waals surface area contributed by atoms with Crippen molar-refractivity contribution in [1.29, 1.82) is 0 Å². The van der Waals surface area contributed by atoms with E-state index in [1.807, 2.05) is 29.3 Å². The summed E-state index contributed by atoms with van der Waals surface area (Å²) in [5.74, 6) is 0.716. The van der Waals surface area contributed by atoms with Gasteiger partial charge in [0.1, 0.15) is 17.4 Å². The van der Waals surface area contributed by atoms with Gasteiger partial charge in [-0.2, -0.15) is 0 Å². The van der Waals surface area contributed by atoms with Crippen LogP contribution in [0.5, 0.6) is 5.75 Å². The molecule has 0 saturated heterocycles. The molecule has 0 bridgehead atoms. The number of aromatic nitrogens is 1. The molecule has 0 unspecified atom stereocenters. The number of hydrogen-bond acceptors (Lipinski definition) is 4. The monoisotopic (exact) mass is 448 g/mol. The second-order valence-corrected chi connectivity index (χ2v) is 8.49. The highest BCUT2D eigenvalue weighted by molar-refractivity contribution is 7.09. The lowest BCUT2D eigenvalue weighted by atomic mass is 10.1. The Morgan fingerprint density at radius 3 is 2.34 bits per heavy atom. The zero-order valence-corrected chi connectivity index (χ0v) is 18.6. The summed E-state index contributed by atoms with van der Waals surface area (Å²) in [6.45, 7) is 4.94. The first-order valence-electron chi connectivity index (χ1n) is 9.34. The summed E-state index contributed by atoms with van der Waals surface area (Å²) in [7, 11) is 0. The van der Waals surface area contributed by atoms with E-state index in [1.54, 1.807) is 36.4 Å². The molecule has 152 valence electrons. The van der Waals surface area contributed by atoms with Gasteiger partial charge in [0, 0.05) is 27.0 Å². The van der Waals surface area contributed by atoms with Gasteiger partial charge in [-0.25, -0.2) is 4.98 Å². The van der Waals surface area contributed by atoms with Gasteiger partial charge in [-0.1, -0.05) is 30.1 Å². The van der Waals surface area contributed by atoms with Gasteiger partial charge in [0.25, 0.3) is 5.91 Å². The van der Waals surface area contributed by atoms with Gasteiger partial charge in [0.15, 0.2) is 0 Å². The molecule has 0 aliphatic heterocycles.